The number of hydrogen-bond acceptors (Lipinski definition) is 7. The quantitative estimate of drug-likeness (QED) is 0.338. The number of hydrogen-bond donors (Lipinski definition) is 1. The van der Waals surface area contributed by atoms with E-state index >= 15 is 0 Å². The van der Waals surface area contributed by atoms with Crippen LogP contribution in [0.3, 0.4) is 0 Å². The molecule has 10 heteroatoms. The zero-order valence-corrected chi connectivity index (χ0v) is 22.6. The molecule has 2 aromatic carbocycles. The molecule has 4 heterocycles. The number of tetrazole rings is 1. The van der Waals surface area contributed by atoms with Gasteiger partial charge in [0, 0.05) is 56.2 Å². The molecule has 1 aliphatic heterocycles. The van der Waals surface area contributed by atoms with Gasteiger partial charge in [-0.1, -0.05) is 18.2 Å². The SMILES string of the molecule is Cc1cc2cc([C@H](c3nnnn3Cc3ccc(F)cc3)N3CCN(Cc4cccnc4)CC3)c(=O)[nH]c2cc1C. The van der Waals surface area contributed by atoms with Crippen LogP contribution in [0.15, 0.2) is 71.8 Å². The molecular weight excluding hydrogens is 507 g/mol. The zero-order chi connectivity index (χ0) is 27.6. The van der Waals surface area contributed by atoms with Gasteiger partial charge in [-0.05, 0) is 88.3 Å². The molecule has 0 bridgehead atoms. The van der Waals surface area contributed by atoms with Crippen LogP contribution >= 0.6 is 0 Å². The monoisotopic (exact) mass is 538 g/mol. The highest BCUT2D eigenvalue weighted by atomic mass is 19.1. The van der Waals surface area contributed by atoms with Crippen molar-refractivity contribution in [3.8, 4) is 0 Å². The van der Waals surface area contributed by atoms with Crippen LogP contribution in [0.5, 0.6) is 0 Å². The van der Waals surface area contributed by atoms with E-state index in [-0.39, 0.29) is 11.4 Å². The van der Waals surface area contributed by atoms with Gasteiger partial charge in [0.15, 0.2) is 5.82 Å². The van der Waals surface area contributed by atoms with Crippen molar-refractivity contribution in [2.45, 2.75) is 33.0 Å². The first-order valence-electron chi connectivity index (χ1n) is 13.4. The smallest absolute Gasteiger partial charge is 0.253 e. The number of nitrogens with one attached hydrogen (secondary N) is 1. The minimum absolute atomic E-state index is 0.158. The van der Waals surface area contributed by atoms with E-state index in [0.29, 0.717) is 17.9 Å². The molecule has 9 nitrogen and oxygen atoms in total. The molecule has 1 saturated heterocycles. The minimum atomic E-state index is -0.453. The van der Waals surface area contributed by atoms with Crippen LogP contribution in [0.25, 0.3) is 10.9 Å². The number of piperazine rings is 1. The normalized spacial score (nSPS) is 15.5. The van der Waals surface area contributed by atoms with Gasteiger partial charge in [0.1, 0.15) is 11.9 Å². The Morgan fingerprint density at radius 2 is 1.73 bits per heavy atom. The molecule has 6 rings (SSSR count). The molecule has 5 aromatic rings. The van der Waals surface area contributed by atoms with Crippen LogP contribution in [0.4, 0.5) is 4.39 Å². The lowest BCUT2D eigenvalue weighted by Crippen LogP contribution is -2.48. The Bertz CT molecular complexity index is 1670. The lowest BCUT2D eigenvalue weighted by molar-refractivity contribution is 0.0998. The summed E-state index contributed by atoms with van der Waals surface area (Å²) >= 11 is 0. The summed E-state index contributed by atoms with van der Waals surface area (Å²) in [4.78, 5) is 25.6. The average Bonchev–Trinajstić information content (AvgIpc) is 3.40. The maximum atomic E-state index is 13.6. The predicted molar refractivity (Wildman–Crippen MR) is 150 cm³/mol. The summed E-state index contributed by atoms with van der Waals surface area (Å²) < 4.78 is 15.2. The summed E-state index contributed by atoms with van der Waals surface area (Å²) in [5.41, 5.74) is 5.58. The molecular formula is C30H31FN8O. The maximum Gasteiger partial charge on any atom is 0.253 e. The van der Waals surface area contributed by atoms with E-state index in [1.54, 1.807) is 23.0 Å². The van der Waals surface area contributed by atoms with Crippen LogP contribution in [0, 0.1) is 19.7 Å². The van der Waals surface area contributed by atoms with Crippen molar-refractivity contribution in [1.82, 2.24) is 40.0 Å². The fraction of sp³-hybridized carbons (Fsp3) is 0.300. The molecule has 0 radical (unpaired) electrons. The zero-order valence-electron chi connectivity index (χ0n) is 22.6. The van der Waals surface area contributed by atoms with Crippen molar-refractivity contribution < 1.29 is 4.39 Å². The number of halogens is 1. The molecule has 1 atom stereocenters. The van der Waals surface area contributed by atoms with Crippen LogP contribution in [0.2, 0.25) is 0 Å². The molecule has 1 N–H and O–H groups in total. The number of nitrogens with zero attached hydrogens (tertiary/aromatic N) is 7. The predicted octanol–water partition coefficient (Wildman–Crippen LogP) is 3.62. The van der Waals surface area contributed by atoms with Crippen LogP contribution in [0.1, 0.15) is 39.7 Å². The van der Waals surface area contributed by atoms with Gasteiger partial charge in [-0.2, -0.15) is 0 Å². The topological polar surface area (TPSA) is 95.8 Å². The molecule has 0 unspecified atom stereocenters. The second-order valence-corrected chi connectivity index (χ2v) is 10.5. The third-order valence-electron chi connectivity index (χ3n) is 7.73. The summed E-state index contributed by atoms with van der Waals surface area (Å²) in [6.45, 7) is 8.43. The molecule has 1 fully saturated rings. The van der Waals surface area contributed by atoms with E-state index in [9.17, 15) is 9.18 Å². The molecule has 1 aliphatic rings. The summed E-state index contributed by atoms with van der Waals surface area (Å²) in [5.74, 6) is 0.287. The molecule has 0 saturated carbocycles. The van der Waals surface area contributed by atoms with Gasteiger partial charge in [-0.3, -0.25) is 19.6 Å². The molecule has 0 aliphatic carbocycles. The fourth-order valence-corrected chi connectivity index (χ4v) is 5.41. The molecule has 3 aromatic heterocycles. The van der Waals surface area contributed by atoms with Gasteiger partial charge in [0.25, 0.3) is 5.56 Å². The Morgan fingerprint density at radius 1 is 0.950 bits per heavy atom. The maximum absolute atomic E-state index is 13.6. The Kier molecular flexibility index (Phi) is 7.19. The largest absolute Gasteiger partial charge is 0.322 e. The standard InChI is InChI=1S/C30H31FN8O/c1-20-14-24-16-26(30(40)33-27(24)15-21(20)2)28(29-34-35-36-39(29)19-22-5-7-25(31)8-6-22)38-12-10-37(11-13-38)18-23-4-3-9-32-17-23/h3-9,14-17,28H,10-13,18-19H2,1-2H3,(H,33,40)/t28-/m1/s1. The van der Waals surface area contributed by atoms with Crippen molar-refractivity contribution in [2.24, 2.45) is 0 Å². The van der Waals surface area contributed by atoms with E-state index in [1.807, 2.05) is 31.3 Å². The number of H-pyrrole nitrogens is 1. The molecule has 0 spiro atoms. The Balaban J connectivity index is 1.36. The third-order valence-corrected chi connectivity index (χ3v) is 7.73. The number of pyridine rings is 2. The van der Waals surface area contributed by atoms with Gasteiger partial charge in [-0.25, -0.2) is 9.07 Å². The highest BCUT2D eigenvalue weighted by molar-refractivity contribution is 5.81. The number of aryl methyl sites for hydroxylation is 2. The average molecular weight is 539 g/mol. The van der Waals surface area contributed by atoms with Gasteiger partial charge >= 0.3 is 0 Å². The summed E-state index contributed by atoms with van der Waals surface area (Å²) in [6.07, 6.45) is 3.68. The van der Waals surface area contributed by atoms with Crippen LogP contribution in [-0.4, -0.2) is 66.2 Å². The summed E-state index contributed by atoms with van der Waals surface area (Å²) in [5, 5.41) is 13.7. The Hall–Kier alpha value is -4.28. The van der Waals surface area contributed by atoms with Gasteiger partial charge < -0.3 is 4.98 Å². The second kappa shape index (κ2) is 11.1. The first kappa shape index (κ1) is 26.0. The number of fused-ring (bicyclic) bond motifs is 1. The van der Waals surface area contributed by atoms with E-state index in [4.69, 9.17) is 0 Å². The lowest BCUT2D eigenvalue weighted by Gasteiger charge is -2.38. The first-order chi connectivity index (χ1) is 19.4. The minimum Gasteiger partial charge on any atom is -0.322 e. The van der Waals surface area contributed by atoms with Crippen molar-refractivity contribution in [3.63, 3.8) is 0 Å². The number of aromatic nitrogens is 6. The fourth-order valence-electron chi connectivity index (χ4n) is 5.41. The van der Waals surface area contributed by atoms with Crippen molar-refractivity contribution in [1.29, 1.82) is 0 Å². The summed E-state index contributed by atoms with van der Waals surface area (Å²) in [6, 6.07) is 16.0. The molecule has 204 valence electrons. The van der Waals surface area contributed by atoms with Crippen LogP contribution in [-0.2, 0) is 13.1 Å². The van der Waals surface area contributed by atoms with Crippen molar-refractivity contribution >= 4 is 10.9 Å². The Labute approximate surface area is 231 Å². The highest BCUT2D eigenvalue weighted by Gasteiger charge is 2.32. The molecule has 40 heavy (non-hydrogen) atoms. The van der Waals surface area contributed by atoms with E-state index in [2.05, 4.69) is 54.3 Å². The number of benzene rings is 2. The highest BCUT2D eigenvalue weighted by Crippen LogP contribution is 2.29. The van der Waals surface area contributed by atoms with Gasteiger partial charge in [-0.15, -0.1) is 5.10 Å². The van der Waals surface area contributed by atoms with Gasteiger partial charge in [0.05, 0.1) is 6.54 Å². The number of rotatable bonds is 7. The van der Waals surface area contributed by atoms with E-state index in [1.165, 1.54) is 17.7 Å². The molecule has 0 amide bonds. The summed E-state index contributed by atoms with van der Waals surface area (Å²) in [7, 11) is 0. The second-order valence-electron chi connectivity index (χ2n) is 10.5. The van der Waals surface area contributed by atoms with E-state index < -0.39 is 6.04 Å². The Morgan fingerprint density at radius 3 is 2.48 bits per heavy atom. The number of aromatic amines is 1. The van der Waals surface area contributed by atoms with Crippen molar-refractivity contribution in [2.75, 3.05) is 26.2 Å². The van der Waals surface area contributed by atoms with Crippen LogP contribution < -0.4 is 5.56 Å². The van der Waals surface area contributed by atoms with Crippen molar-refractivity contribution in [3.05, 3.63) is 117 Å². The van der Waals surface area contributed by atoms with E-state index in [0.717, 1.165) is 60.3 Å². The lowest BCUT2D eigenvalue weighted by atomic mass is 10.00. The third kappa shape index (κ3) is 5.41. The van der Waals surface area contributed by atoms with Gasteiger partial charge in [0.2, 0.25) is 0 Å². The first-order valence-corrected chi connectivity index (χ1v) is 13.4.